The Kier molecular flexibility index (Phi) is 3.74. The van der Waals surface area contributed by atoms with Crippen LogP contribution in [0, 0.1) is 13.8 Å². The van der Waals surface area contributed by atoms with Crippen LogP contribution < -0.4 is 16.5 Å². The molecule has 1 aliphatic heterocycles. The molecular formula is C16H19N6+. The second-order valence-corrected chi connectivity index (χ2v) is 5.20. The van der Waals surface area contributed by atoms with E-state index in [0.717, 1.165) is 17.0 Å². The van der Waals surface area contributed by atoms with E-state index in [9.17, 15) is 0 Å². The van der Waals surface area contributed by atoms with E-state index in [1.807, 2.05) is 55.1 Å². The van der Waals surface area contributed by atoms with Crippen molar-refractivity contribution in [3.8, 4) is 0 Å². The van der Waals surface area contributed by atoms with Gasteiger partial charge in [0.1, 0.15) is 6.04 Å². The molecule has 1 aliphatic rings. The maximum atomic E-state index is 6.19. The average Bonchev–Trinajstić information content (AvgIpc) is 2.96. The first kappa shape index (κ1) is 14.1. The van der Waals surface area contributed by atoms with Gasteiger partial charge in [0, 0.05) is 17.6 Å². The Morgan fingerprint density at radius 2 is 1.86 bits per heavy atom. The van der Waals surface area contributed by atoms with Crippen LogP contribution >= 0.6 is 0 Å². The van der Waals surface area contributed by atoms with Crippen LogP contribution in [0.3, 0.4) is 0 Å². The fourth-order valence-corrected chi connectivity index (χ4v) is 2.47. The van der Waals surface area contributed by atoms with Crippen LogP contribution in [-0.2, 0) is 0 Å². The van der Waals surface area contributed by atoms with E-state index in [1.165, 1.54) is 0 Å². The number of aromatic nitrogens is 2. The first-order chi connectivity index (χ1) is 10.6. The van der Waals surface area contributed by atoms with Crippen molar-refractivity contribution in [3.05, 3.63) is 65.6 Å². The molecule has 1 aromatic carbocycles. The Bertz CT molecular complexity index is 715. The van der Waals surface area contributed by atoms with Crippen LogP contribution in [0.25, 0.3) is 0 Å². The molecule has 0 amide bonds. The van der Waals surface area contributed by atoms with Crippen molar-refractivity contribution >= 4 is 11.9 Å². The van der Waals surface area contributed by atoms with Crippen molar-refractivity contribution in [1.29, 1.82) is 0 Å². The second kappa shape index (κ2) is 5.85. The molecule has 3 rings (SSSR count). The molecule has 112 valence electrons. The lowest BCUT2D eigenvalue weighted by Crippen LogP contribution is -2.40. The summed E-state index contributed by atoms with van der Waals surface area (Å²) in [6.45, 7) is 3.86. The van der Waals surface area contributed by atoms with Crippen molar-refractivity contribution in [2.24, 2.45) is 5.73 Å². The van der Waals surface area contributed by atoms with Gasteiger partial charge >= 0.3 is 5.96 Å². The van der Waals surface area contributed by atoms with Crippen LogP contribution in [0.4, 0.5) is 5.95 Å². The normalized spacial score (nSPS) is 18.9. The van der Waals surface area contributed by atoms with E-state index in [4.69, 9.17) is 5.73 Å². The molecule has 6 heteroatoms. The quantitative estimate of drug-likeness (QED) is 0.579. The zero-order valence-corrected chi connectivity index (χ0v) is 12.6. The number of aryl methyl sites for hydroxylation is 2. The highest BCUT2D eigenvalue weighted by atomic mass is 15.5. The van der Waals surface area contributed by atoms with Crippen LogP contribution in [0.2, 0.25) is 0 Å². The van der Waals surface area contributed by atoms with Crippen molar-refractivity contribution in [1.82, 2.24) is 15.4 Å². The molecule has 22 heavy (non-hydrogen) atoms. The summed E-state index contributed by atoms with van der Waals surface area (Å²) < 4.78 is 1.84. The van der Waals surface area contributed by atoms with Gasteiger partial charge in [-0.3, -0.25) is 11.2 Å². The van der Waals surface area contributed by atoms with Gasteiger partial charge in [-0.05, 0) is 31.6 Å². The van der Waals surface area contributed by atoms with Crippen molar-refractivity contribution in [2.75, 3.05) is 5.32 Å². The number of guanidine groups is 1. The molecule has 0 fully saturated rings. The smallest absolute Gasteiger partial charge is 0.289 e. The molecule has 0 radical (unpaired) electrons. The van der Waals surface area contributed by atoms with E-state index >= 15 is 0 Å². The van der Waals surface area contributed by atoms with Crippen LogP contribution in [0.15, 0.2) is 48.7 Å². The summed E-state index contributed by atoms with van der Waals surface area (Å²) in [6, 6.07) is 12.1. The molecule has 6 nitrogen and oxygen atoms in total. The number of rotatable bonds is 2. The monoisotopic (exact) mass is 295 g/mol. The van der Waals surface area contributed by atoms with Crippen molar-refractivity contribution < 1.29 is 4.68 Å². The van der Waals surface area contributed by atoms with Gasteiger partial charge in [0.05, 0.1) is 0 Å². The first-order valence-corrected chi connectivity index (χ1v) is 7.12. The first-order valence-electron chi connectivity index (χ1n) is 7.12. The predicted octanol–water partition coefficient (Wildman–Crippen LogP) is 1.61. The van der Waals surface area contributed by atoms with E-state index < -0.39 is 0 Å². The highest BCUT2D eigenvalue weighted by Gasteiger charge is 2.24. The Hall–Kier alpha value is -2.89. The van der Waals surface area contributed by atoms with E-state index in [2.05, 4.69) is 32.8 Å². The molecule has 2 aromatic rings. The van der Waals surface area contributed by atoms with Crippen molar-refractivity contribution in [2.45, 2.75) is 19.9 Å². The fourth-order valence-electron chi connectivity index (χ4n) is 2.47. The summed E-state index contributed by atoms with van der Waals surface area (Å²) in [5, 5.41) is 3.06. The summed E-state index contributed by atoms with van der Waals surface area (Å²) in [6.07, 6.45) is 3.92. The minimum Gasteiger partial charge on any atom is -0.289 e. The van der Waals surface area contributed by atoms with Gasteiger partial charge in [-0.1, -0.05) is 30.3 Å². The van der Waals surface area contributed by atoms with Gasteiger partial charge in [-0.15, -0.1) is 0 Å². The number of benzene rings is 1. The van der Waals surface area contributed by atoms with Gasteiger partial charge in [-0.25, -0.2) is 15.3 Å². The molecule has 0 saturated carbocycles. The number of nitrogens with zero attached hydrogens (tertiary/aromatic N) is 3. The SMILES string of the molecule is Cc1cc(C)nc(NC(N)=[N+]2NC=CC2c2ccccc2)n1. The molecule has 1 unspecified atom stereocenters. The number of hydrazone groups is 1. The standard InChI is InChI=1S/C16H18N6/c1-11-10-12(2)20-16(19-11)21-15(17)22-14(8-9-18-22)13-6-4-3-5-7-13/h3-10,14,18H,1-2H3,(H2,17,19,20,21)/p+1. The highest BCUT2D eigenvalue weighted by molar-refractivity contribution is 5.86. The number of anilines is 1. The van der Waals surface area contributed by atoms with Gasteiger partial charge in [-0.2, -0.15) is 4.68 Å². The minimum atomic E-state index is 0.0274. The zero-order chi connectivity index (χ0) is 15.5. The maximum Gasteiger partial charge on any atom is 0.373 e. The third kappa shape index (κ3) is 2.90. The number of hydrogen-bond acceptors (Lipinski definition) is 3. The van der Waals surface area contributed by atoms with E-state index in [1.54, 1.807) is 0 Å². The second-order valence-electron chi connectivity index (χ2n) is 5.20. The van der Waals surface area contributed by atoms with Crippen LogP contribution in [-0.4, -0.2) is 20.6 Å². The lowest BCUT2D eigenvalue weighted by Gasteiger charge is -2.13. The molecule has 2 heterocycles. The number of nitrogens with two attached hydrogens (primary N) is 1. The predicted molar refractivity (Wildman–Crippen MR) is 86.0 cm³/mol. The molecule has 4 N–H and O–H groups in total. The summed E-state index contributed by atoms with van der Waals surface area (Å²) in [7, 11) is 0. The highest BCUT2D eigenvalue weighted by Crippen LogP contribution is 2.20. The van der Waals surface area contributed by atoms with Crippen LogP contribution in [0.5, 0.6) is 0 Å². The number of hydrogen-bond donors (Lipinski definition) is 3. The molecule has 0 aliphatic carbocycles. The summed E-state index contributed by atoms with van der Waals surface area (Å²) in [5.74, 6) is 0.944. The van der Waals surface area contributed by atoms with Gasteiger partial charge in [0.15, 0.2) is 0 Å². The van der Waals surface area contributed by atoms with Gasteiger partial charge in [0.25, 0.3) is 5.95 Å². The third-order valence-corrected chi connectivity index (χ3v) is 3.39. The molecule has 0 spiro atoms. The summed E-state index contributed by atoms with van der Waals surface area (Å²) >= 11 is 0. The van der Waals surface area contributed by atoms with Crippen molar-refractivity contribution in [3.63, 3.8) is 0 Å². The maximum absolute atomic E-state index is 6.19. The largest absolute Gasteiger partial charge is 0.373 e. The average molecular weight is 295 g/mol. The molecule has 1 atom stereocenters. The lowest BCUT2D eigenvalue weighted by molar-refractivity contribution is -0.599. The zero-order valence-electron chi connectivity index (χ0n) is 12.6. The lowest BCUT2D eigenvalue weighted by atomic mass is 10.1. The topological polar surface area (TPSA) is 78.9 Å². The Labute approximate surface area is 129 Å². The van der Waals surface area contributed by atoms with E-state index in [-0.39, 0.29) is 6.04 Å². The molecule has 1 aromatic heterocycles. The van der Waals surface area contributed by atoms with Crippen LogP contribution in [0.1, 0.15) is 23.0 Å². The summed E-state index contributed by atoms with van der Waals surface area (Å²) in [5.41, 5.74) is 12.3. The molecule has 0 bridgehead atoms. The third-order valence-electron chi connectivity index (χ3n) is 3.39. The van der Waals surface area contributed by atoms with Gasteiger partial charge < -0.3 is 0 Å². The molecule has 0 saturated heterocycles. The Morgan fingerprint density at radius 1 is 1.18 bits per heavy atom. The Morgan fingerprint density at radius 3 is 2.55 bits per heavy atom. The summed E-state index contributed by atoms with van der Waals surface area (Å²) in [4.78, 5) is 8.69. The molecular weight excluding hydrogens is 276 g/mol. The number of nitrogens with one attached hydrogen (secondary N) is 2. The van der Waals surface area contributed by atoms with E-state index in [0.29, 0.717) is 11.9 Å². The number of hydrazine groups is 1. The minimum absolute atomic E-state index is 0.0274. The van der Waals surface area contributed by atoms with Gasteiger partial charge in [0.2, 0.25) is 0 Å². The Balaban J connectivity index is 1.88. The fraction of sp³-hybridized carbons (Fsp3) is 0.188.